The highest BCUT2D eigenvalue weighted by molar-refractivity contribution is 5.52. The van der Waals surface area contributed by atoms with Crippen LogP contribution in [0, 0.1) is 5.92 Å². The van der Waals surface area contributed by atoms with Crippen LogP contribution in [0.4, 0.5) is 17.5 Å². The molecule has 0 bridgehead atoms. The van der Waals surface area contributed by atoms with Crippen molar-refractivity contribution in [3.8, 4) is 0 Å². The van der Waals surface area contributed by atoms with Crippen LogP contribution in [0.25, 0.3) is 0 Å². The molecule has 7 nitrogen and oxygen atoms in total. The van der Waals surface area contributed by atoms with Crippen molar-refractivity contribution in [1.29, 1.82) is 0 Å². The third kappa shape index (κ3) is 3.70. The molecule has 2 aromatic heterocycles. The lowest BCUT2D eigenvalue weighted by Gasteiger charge is -2.39. The molecule has 30 heavy (non-hydrogen) atoms. The number of hydrogen-bond donors (Lipinski definition) is 0. The summed E-state index contributed by atoms with van der Waals surface area (Å²) in [5.74, 6) is 3.88. The summed E-state index contributed by atoms with van der Waals surface area (Å²) < 4.78 is 0. The molecule has 2 atom stereocenters. The van der Waals surface area contributed by atoms with E-state index in [0.29, 0.717) is 6.04 Å². The molecule has 0 N–H and O–H groups in total. The zero-order valence-corrected chi connectivity index (χ0v) is 18.5. The Morgan fingerprint density at radius 2 is 1.57 bits per heavy atom. The van der Waals surface area contributed by atoms with Gasteiger partial charge in [-0.05, 0) is 43.7 Å². The van der Waals surface area contributed by atoms with Crippen molar-refractivity contribution in [1.82, 2.24) is 20.2 Å². The van der Waals surface area contributed by atoms with Crippen LogP contribution in [-0.2, 0) is 5.41 Å². The van der Waals surface area contributed by atoms with Gasteiger partial charge in [0.2, 0.25) is 0 Å². The Morgan fingerprint density at radius 1 is 0.833 bits per heavy atom. The fourth-order valence-corrected chi connectivity index (χ4v) is 5.14. The van der Waals surface area contributed by atoms with Gasteiger partial charge in [0.15, 0.2) is 5.82 Å². The van der Waals surface area contributed by atoms with Crippen molar-refractivity contribution in [3.63, 3.8) is 0 Å². The third-order valence-electron chi connectivity index (χ3n) is 6.97. The van der Waals surface area contributed by atoms with E-state index in [2.05, 4.69) is 73.8 Å². The first kappa shape index (κ1) is 19.5. The van der Waals surface area contributed by atoms with Crippen molar-refractivity contribution in [2.45, 2.75) is 57.9 Å². The Balaban J connectivity index is 1.33. The third-order valence-corrected chi connectivity index (χ3v) is 6.97. The lowest BCUT2D eigenvalue weighted by molar-refractivity contribution is 0.388. The molecule has 0 aromatic carbocycles. The van der Waals surface area contributed by atoms with E-state index in [-0.39, 0.29) is 5.41 Å². The molecule has 0 amide bonds. The first-order valence-electron chi connectivity index (χ1n) is 11.4. The summed E-state index contributed by atoms with van der Waals surface area (Å²) >= 11 is 0. The number of rotatable bonds is 3. The number of piperidine rings is 1. The van der Waals surface area contributed by atoms with Crippen LogP contribution in [0.5, 0.6) is 0 Å². The standard InChI is InChI=1S/C23H33N7/c1-23(2,3)19-6-7-20(27-26-19)30-13-9-17-8-12-29(15-18(17)30)22-14-21(24-16-25-22)28-10-4-5-11-28/h6-7,14,16-18H,4-5,8-13,15H2,1-3H3. The smallest absolute Gasteiger partial charge is 0.151 e. The lowest BCUT2D eigenvalue weighted by atomic mass is 9.91. The Labute approximate surface area is 179 Å². The van der Waals surface area contributed by atoms with Gasteiger partial charge in [0.05, 0.1) is 11.7 Å². The summed E-state index contributed by atoms with van der Waals surface area (Å²) in [5.41, 5.74) is 1.07. The van der Waals surface area contributed by atoms with Crippen LogP contribution in [-0.4, -0.2) is 58.9 Å². The molecule has 7 heteroatoms. The molecular weight excluding hydrogens is 374 g/mol. The van der Waals surface area contributed by atoms with Crippen molar-refractivity contribution < 1.29 is 0 Å². The zero-order chi connectivity index (χ0) is 20.7. The average Bonchev–Trinajstić information content (AvgIpc) is 3.43. The van der Waals surface area contributed by atoms with E-state index in [4.69, 9.17) is 0 Å². The maximum absolute atomic E-state index is 4.63. The molecule has 0 aliphatic carbocycles. The highest BCUT2D eigenvalue weighted by Gasteiger charge is 2.39. The number of hydrogen-bond acceptors (Lipinski definition) is 7. The highest BCUT2D eigenvalue weighted by atomic mass is 15.3. The molecule has 2 unspecified atom stereocenters. The van der Waals surface area contributed by atoms with Crippen LogP contribution < -0.4 is 14.7 Å². The Morgan fingerprint density at radius 3 is 2.27 bits per heavy atom. The Hall–Kier alpha value is -2.44. The summed E-state index contributed by atoms with van der Waals surface area (Å²) in [6.07, 6.45) is 6.70. The van der Waals surface area contributed by atoms with Crippen molar-refractivity contribution in [2.24, 2.45) is 5.92 Å². The number of aromatic nitrogens is 4. The fraction of sp³-hybridized carbons (Fsp3) is 0.652. The largest absolute Gasteiger partial charge is 0.356 e. The molecule has 3 saturated heterocycles. The van der Waals surface area contributed by atoms with Gasteiger partial charge in [-0.15, -0.1) is 5.10 Å². The minimum absolute atomic E-state index is 0.0285. The fourth-order valence-electron chi connectivity index (χ4n) is 5.14. The van der Waals surface area contributed by atoms with E-state index in [0.717, 1.165) is 61.8 Å². The van der Waals surface area contributed by atoms with Crippen LogP contribution in [0.1, 0.15) is 52.1 Å². The first-order chi connectivity index (χ1) is 14.5. The van der Waals surface area contributed by atoms with Crippen LogP contribution in [0.2, 0.25) is 0 Å². The van der Waals surface area contributed by atoms with E-state index in [1.165, 1.54) is 25.7 Å². The van der Waals surface area contributed by atoms with E-state index in [1.807, 2.05) is 0 Å². The quantitative estimate of drug-likeness (QED) is 0.774. The topological polar surface area (TPSA) is 61.3 Å². The molecule has 3 fully saturated rings. The van der Waals surface area contributed by atoms with Gasteiger partial charge in [0, 0.05) is 44.2 Å². The molecule has 5 rings (SSSR count). The lowest BCUT2D eigenvalue weighted by Crippen LogP contribution is -2.49. The molecule has 0 radical (unpaired) electrons. The second kappa shape index (κ2) is 7.67. The maximum Gasteiger partial charge on any atom is 0.151 e. The normalized spacial score (nSPS) is 24.4. The molecule has 3 aliphatic heterocycles. The van der Waals surface area contributed by atoms with Gasteiger partial charge < -0.3 is 14.7 Å². The molecule has 0 spiro atoms. The zero-order valence-electron chi connectivity index (χ0n) is 18.5. The van der Waals surface area contributed by atoms with E-state index >= 15 is 0 Å². The first-order valence-corrected chi connectivity index (χ1v) is 11.4. The number of nitrogens with zero attached hydrogens (tertiary/aromatic N) is 7. The van der Waals surface area contributed by atoms with Crippen molar-refractivity contribution in [2.75, 3.05) is 47.4 Å². The predicted molar refractivity (Wildman–Crippen MR) is 120 cm³/mol. The summed E-state index contributed by atoms with van der Waals surface area (Å²) in [7, 11) is 0. The molecular formula is C23H33N7. The molecule has 2 aromatic rings. The van der Waals surface area contributed by atoms with Crippen molar-refractivity contribution in [3.05, 3.63) is 30.2 Å². The van der Waals surface area contributed by atoms with E-state index < -0.39 is 0 Å². The predicted octanol–water partition coefficient (Wildman–Crippen LogP) is 3.27. The number of fused-ring (bicyclic) bond motifs is 1. The van der Waals surface area contributed by atoms with Gasteiger partial charge >= 0.3 is 0 Å². The van der Waals surface area contributed by atoms with Gasteiger partial charge in [-0.3, -0.25) is 0 Å². The minimum atomic E-state index is 0.0285. The Bertz CT molecular complexity index is 870. The molecule has 160 valence electrons. The van der Waals surface area contributed by atoms with E-state index in [9.17, 15) is 0 Å². The van der Waals surface area contributed by atoms with Gasteiger partial charge in [-0.1, -0.05) is 20.8 Å². The van der Waals surface area contributed by atoms with Gasteiger partial charge in [-0.25, -0.2) is 9.97 Å². The second-order valence-electron chi connectivity index (χ2n) is 10.00. The SMILES string of the molecule is CC(C)(C)c1ccc(N2CCC3CCN(c4cc(N5CCCC5)ncn4)CC32)nn1. The summed E-state index contributed by atoms with van der Waals surface area (Å²) in [4.78, 5) is 16.5. The van der Waals surface area contributed by atoms with Gasteiger partial charge in [0.25, 0.3) is 0 Å². The van der Waals surface area contributed by atoms with Crippen LogP contribution >= 0.6 is 0 Å². The maximum atomic E-state index is 4.63. The van der Waals surface area contributed by atoms with Crippen molar-refractivity contribution >= 4 is 17.5 Å². The molecule has 5 heterocycles. The van der Waals surface area contributed by atoms with Gasteiger partial charge in [-0.2, -0.15) is 5.10 Å². The minimum Gasteiger partial charge on any atom is -0.356 e. The van der Waals surface area contributed by atoms with Gasteiger partial charge in [0.1, 0.15) is 18.0 Å². The molecule has 3 aliphatic rings. The monoisotopic (exact) mass is 407 g/mol. The average molecular weight is 408 g/mol. The summed E-state index contributed by atoms with van der Waals surface area (Å²) in [5, 5.41) is 9.14. The van der Waals surface area contributed by atoms with Crippen LogP contribution in [0.15, 0.2) is 24.5 Å². The summed E-state index contributed by atoms with van der Waals surface area (Å²) in [6.45, 7) is 11.9. The highest BCUT2D eigenvalue weighted by Crippen LogP contribution is 2.36. The van der Waals surface area contributed by atoms with Crippen LogP contribution in [0.3, 0.4) is 0 Å². The van der Waals surface area contributed by atoms with E-state index in [1.54, 1.807) is 6.33 Å². The second-order valence-corrected chi connectivity index (χ2v) is 10.00. The number of anilines is 3. The summed E-state index contributed by atoms with van der Waals surface area (Å²) in [6, 6.07) is 6.95. The Kier molecular flexibility index (Phi) is 4.99. The molecule has 0 saturated carbocycles.